The minimum Gasteiger partial charge on any atom is -0.357 e. The molecule has 0 bridgehead atoms. The fourth-order valence-corrected chi connectivity index (χ4v) is 3.53. The van der Waals surface area contributed by atoms with Crippen molar-refractivity contribution in [2.24, 2.45) is 12.0 Å². The van der Waals surface area contributed by atoms with Crippen LogP contribution in [-0.4, -0.2) is 20.4 Å². The zero-order valence-electron chi connectivity index (χ0n) is 18.5. The van der Waals surface area contributed by atoms with Gasteiger partial charge < -0.3 is 15.2 Å². The molecule has 5 aromatic rings. The van der Waals surface area contributed by atoms with Crippen molar-refractivity contribution in [2.45, 2.75) is 0 Å². The second kappa shape index (κ2) is 9.38. The number of benzene rings is 2. The number of aromatic nitrogens is 3. The molecule has 7 nitrogen and oxygen atoms in total. The van der Waals surface area contributed by atoms with Crippen molar-refractivity contribution in [1.82, 2.24) is 14.5 Å². The number of carbonyl (C=O) groups is 1. The van der Waals surface area contributed by atoms with Gasteiger partial charge in [-0.2, -0.15) is 0 Å². The Labute approximate surface area is 196 Å². The number of fused-ring (bicyclic) bond motifs is 1. The number of hydrogen-bond acceptors (Lipinski definition) is 5. The van der Waals surface area contributed by atoms with E-state index < -0.39 is 0 Å². The van der Waals surface area contributed by atoms with Crippen LogP contribution in [0.1, 0.15) is 10.4 Å². The van der Waals surface area contributed by atoms with Gasteiger partial charge >= 0.3 is 0 Å². The van der Waals surface area contributed by atoms with Gasteiger partial charge in [0.25, 0.3) is 5.91 Å². The van der Waals surface area contributed by atoms with Gasteiger partial charge in [0, 0.05) is 60.4 Å². The molecule has 0 radical (unpaired) electrons. The molecule has 2 aromatic carbocycles. The standard InChI is InChI=1S/C27H22N6O/c1-33-15-11-21(12-16-33)30-22-3-2-4-23(17-22)32-27(34)19-5-7-20(8-6-19)31-26-10-14-29-25-9-13-28-18-24(25)26/h2-18H,1H3,(H,29,31)(H,32,34). The van der Waals surface area contributed by atoms with E-state index in [4.69, 9.17) is 0 Å². The molecule has 0 saturated carbocycles. The van der Waals surface area contributed by atoms with Gasteiger partial charge in [-0.05, 0) is 66.7 Å². The predicted molar refractivity (Wildman–Crippen MR) is 134 cm³/mol. The van der Waals surface area contributed by atoms with Crippen molar-refractivity contribution in [3.05, 3.63) is 115 Å². The molecule has 7 heteroatoms. The highest BCUT2D eigenvalue weighted by atomic mass is 16.1. The fraction of sp³-hybridized carbons (Fsp3) is 0.0370. The number of rotatable bonds is 5. The third kappa shape index (κ3) is 4.83. The van der Waals surface area contributed by atoms with E-state index in [2.05, 4.69) is 25.6 Å². The Morgan fingerprint density at radius 2 is 1.74 bits per heavy atom. The Hall–Kier alpha value is -4.78. The molecule has 34 heavy (non-hydrogen) atoms. The van der Waals surface area contributed by atoms with E-state index in [1.54, 1.807) is 30.7 Å². The maximum absolute atomic E-state index is 12.8. The minimum absolute atomic E-state index is 0.186. The van der Waals surface area contributed by atoms with Crippen LogP contribution in [0.3, 0.4) is 0 Å². The summed E-state index contributed by atoms with van der Waals surface area (Å²) in [7, 11) is 1.96. The molecular weight excluding hydrogens is 424 g/mol. The summed E-state index contributed by atoms with van der Waals surface area (Å²) >= 11 is 0. The van der Waals surface area contributed by atoms with E-state index in [-0.39, 0.29) is 5.91 Å². The Morgan fingerprint density at radius 1 is 0.912 bits per heavy atom. The molecule has 0 atom stereocenters. The Balaban J connectivity index is 1.29. The van der Waals surface area contributed by atoms with E-state index in [0.717, 1.165) is 33.3 Å². The molecule has 3 aromatic heterocycles. The van der Waals surface area contributed by atoms with Gasteiger partial charge in [-0.25, -0.2) is 4.99 Å². The van der Waals surface area contributed by atoms with Gasteiger partial charge in [-0.3, -0.25) is 14.8 Å². The van der Waals surface area contributed by atoms with Gasteiger partial charge in [0.05, 0.1) is 22.2 Å². The second-order valence-corrected chi connectivity index (χ2v) is 7.79. The first-order valence-corrected chi connectivity index (χ1v) is 10.8. The minimum atomic E-state index is -0.186. The molecule has 1 amide bonds. The molecule has 0 aliphatic heterocycles. The maximum Gasteiger partial charge on any atom is 0.255 e. The van der Waals surface area contributed by atoms with Crippen molar-refractivity contribution in [3.8, 4) is 0 Å². The van der Waals surface area contributed by atoms with Crippen LogP contribution >= 0.6 is 0 Å². The van der Waals surface area contributed by atoms with Crippen LogP contribution in [0, 0.1) is 0 Å². The van der Waals surface area contributed by atoms with Gasteiger partial charge in [-0.15, -0.1) is 0 Å². The lowest BCUT2D eigenvalue weighted by atomic mass is 10.1. The summed E-state index contributed by atoms with van der Waals surface area (Å²) in [6.45, 7) is 0. The normalized spacial score (nSPS) is 10.6. The highest BCUT2D eigenvalue weighted by Crippen LogP contribution is 2.24. The van der Waals surface area contributed by atoms with E-state index >= 15 is 0 Å². The molecule has 3 heterocycles. The van der Waals surface area contributed by atoms with E-state index in [9.17, 15) is 4.79 Å². The second-order valence-electron chi connectivity index (χ2n) is 7.79. The number of amides is 1. The van der Waals surface area contributed by atoms with Crippen LogP contribution in [0.15, 0.2) is 109 Å². The molecule has 5 rings (SSSR count). The molecule has 0 unspecified atom stereocenters. The Morgan fingerprint density at radius 3 is 2.56 bits per heavy atom. The molecule has 2 N–H and O–H groups in total. The fourth-order valence-electron chi connectivity index (χ4n) is 3.53. The first kappa shape index (κ1) is 21.1. The number of aryl methyl sites for hydroxylation is 1. The molecule has 0 saturated heterocycles. The summed E-state index contributed by atoms with van der Waals surface area (Å²) < 4.78 is 1.95. The van der Waals surface area contributed by atoms with Gasteiger partial charge in [-0.1, -0.05) is 6.07 Å². The zero-order valence-corrected chi connectivity index (χ0v) is 18.5. The maximum atomic E-state index is 12.8. The van der Waals surface area contributed by atoms with E-state index in [0.29, 0.717) is 11.3 Å². The lowest BCUT2D eigenvalue weighted by Crippen LogP contribution is -2.11. The van der Waals surface area contributed by atoms with Crippen LogP contribution in [-0.2, 0) is 7.05 Å². The quantitative estimate of drug-likeness (QED) is 0.389. The SMILES string of the molecule is Cn1ccc(=Nc2cccc(NC(=O)c3ccc(Nc4ccnc5ccncc45)cc3)c2)cc1. The molecule has 0 fully saturated rings. The monoisotopic (exact) mass is 446 g/mol. The highest BCUT2D eigenvalue weighted by Gasteiger charge is 2.08. The summed E-state index contributed by atoms with van der Waals surface area (Å²) in [4.78, 5) is 25.9. The topological polar surface area (TPSA) is 84.2 Å². The van der Waals surface area contributed by atoms with Crippen LogP contribution in [0.25, 0.3) is 10.9 Å². The number of carbonyl (C=O) groups excluding carboxylic acids is 1. The van der Waals surface area contributed by atoms with Crippen molar-refractivity contribution in [2.75, 3.05) is 10.6 Å². The average molecular weight is 447 g/mol. The molecule has 0 aliphatic rings. The molecule has 0 aliphatic carbocycles. The van der Waals surface area contributed by atoms with Crippen LogP contribution in [0.5, 0.6) is 0 Å². The number of anilines is 3. The largest absolute Gasteiger partial charge is 0.357 e. The molecule has 0 spiro atoms. The first-order valence-electron chi connectivity index (χ1n) is 10.8. The number of nitrogens with one attached hydrogen (secondary N) is 2. The van der Waals surface area contributed by atoms with Crippen LogP contribution in [0.2, 0.25) is 0 Å². The van der Waals surface area contributed by atoms with Crippen molar-refractivity contribution in [3.63, 3.8) is 0 Å². The third-order valence-corrected chi connectivity index (χ3v) is 5.29. The summed E-state index contributed by atoms with van der Waals surface area (Å²) in [5, 5.41) is 8.10. The lowest BCUT2D eigenvalue weighted by molar-refractivity contribution is 0.102. The van der Waals surface area contributed by atoms with E-state index in [1.807, 2.05) is 84.7 Å². The van der Waals surface area contributed by atoms with Crippen molar-refractivity contribution in [1.29, 1.82) is 0 Å². The predicted octanol–water partition coefficient (Wildman–Crippen LogP) is 5.20. The van der Waals surface area contributed by atoms with Crippen molar-refractivity contribution >= 4 is 39.6 Å². The van der Waals surface area contributed by atoms with Crippen molar-refractivity contribution < 1.29 is 4.79 Å². The summed E-state index contributed by atoms with van der Waals surface area (Å²) in [6, 6.07) is 22.4. The highest BCUT2D eigenvalue weighted by molar-refractivity contribution is 6.04. The molecule has 166 valence electrons. The summed E-state index contributed by atoms with van der Waals surface area (Å²) in [5.74, 6) is -0.186. The zero-order chi connectivity index (χ0) is 23.3. The molecular formula is C27H22N6O. The summed E-state index contributed by atoms with van der Waals surface area (Å²) in [5.41, 5.74) is 4.65. The number of nitrogens with zero attached hydrogens (tertiary/aromatic N) is 4. The average Bonchev–Trinajstić information content (AvgIpc) is 2.86. The van der Waals surface area contributed by atoms with Gasteiger partial charge in [0.15, 0.2) is 0 Å². The lowest BCUT2D eigenvalue weighted by Gasteiger charge is -2.10. The number of pyridine rings is 3. The van der Waals surface area contributed by atoms with E-state index in [1.165, 1.54) is 0 Å². The Bertz CT molecular complexity index is 1510. The van der Waals surface area contributed by atoms with Gasteiger partial charge in [0.2, 0.25) is 0 Å². The van der Waals surface area contributed by atoms with Crippen LogP contribution < -0.4 is 16.0 Å². The third-order valence-electron chi connectivity index (χ3n) is 5.29. The first-order chi connectivity index (χ1) is 16.6. The number of hydrogen-bond donors (Lipinski definition) is 2. The van der Waals surface area contributed by atoms with Crippen LogP contribution in [0.4, 0.5) is 22.7 Å². The smallest absolute Gasteiger partial charge is 0.255 e. The van der Waals surface area contributed by atoms with Gasteiger partial charge in [0.1, 0.15) is 0 Å². The Kier molecular flexibility index (Phi) is 5.82. The summed E-state index contributed by atoms with van der Waals surface area (Å²) in [6.07, 6.45) is 9.14.